The molecule has 2 aromatic rings. The molecule has 7 heteroatoms. The van der Waals surface area contributed by atoms with Crippen LogP contribution >= 0.6 is 11.6 Å². The van der Waals surface area contributed by atoms with Crippen LogP contribution in [0.1, 0.15) is 10.4 Å². The second-order valence-electron chi connectivity index (χ2n) is 4.20. The topological polar surface area (TPSA) is 75.3 Å². The fraction of sp³-hybridized carbons (Fsp3) is 0.0714. The second kappa shape index (κ2) is 6.26. The number of halogens is 1. The van der Waals surface area contributed by atoms with Gasteiger partial charge >= 0.3 is 0 Å². The van der Waals surface area contributed by atoms with Gasteiger partial charge in [-0.3, -0.25) is 4.79 Å². The first-order valence-corrected chi connectivity index (χ1v) is 7.89. The fourth-order valence-electron chi connectivity index (χ4n) is 1.67. The van der Waals surface area contributed by atoms with Crippen LogP contribution in [0.5, 0.6) is 0 Å². The molecule has 0 spiro atoms. The first kappa shape index (κ1) is 15.5. The molecule has 0 saturated carbocycles. The molecule has 0 unspecified atom stereocenters. The molecule has 2 N–H and O–H groups in total. The molecule has 21 heavy (non-hydrogen) atoms. The van der Waals surface area contributed by atoms with E-state index in [1.165, 1.54) is 31.3 Å². The summed E-state index contributed by atoms with van der Waals surface area (Å²) in [5.74, 6) is -0.318. The molecule has 0 atom stereocenters. The second-order valence-corrected chi connectivity index (χ2v) is 6.52. The summed E-state index contributed by atoms with van der Waals surface area (Å²) in [5, 5.41) is 3.14. The highest BCUT2D eigenvalue weighted by Crippen LogP contribution is 2.16. The van der Waals surface area contributed by atoms with Gasteiger partial charge in [-0.2, -0.15) is 0 Å². The summed E-state index contributed by atoms with van der Waals surface area (Å²) in [4.78, 5) is 12.1. The number of carbonyl (C=O) groups is 1. The fourth-order valence-corrected chi connectivity index (χ4v) is 2.59. The maximum Gasteiger partial charge on any atom is 0.255 e. The average molecular weight is 325 g/mol. The van der Waals surface area contributed by atoms with Crippen LogP contribution in [0.4, 0.5) is 5.69 Å². The van der Waals surface area contributed by atoms with Crippen LogP contribution in [-0.2, 0) is 10.0 Å². The summed E-state index contributed by atoms with van der Waals surface area (Å²) in [5.41, 5.74) is 0.921. The van der Waals surface area contributed by atoms with Gasteiger partial charge in [-0.25, -0.2) is 13.1 Å². The molecule has 0 aliphatic heterocycles. The predicted molar refractivity (Wildman–Crippen MR) is 82.1 cm³/mol. The lowest BCUT2D eigenvalue weighted by Crippen LogP contribution is -2.18. The number of carbonyl (C=O) groups excluding carboxylic acids is 1. The van der Waals surface area contributed by atoms with Gasteiger partial charge in [-0.1, -0.05) is 17.7 Å². The molecular formula is C14H13ClN2O3S. The van der Waals surface area contributed by atoms with Crippen molar-refractivity contribution < 1.29 is 13.2 Å². The maximum atomic E-state index is 12.0. The van der Waals surface area contributed by atoms with Crippen LogP contribution in [0.15, 0.2) is 53.4 Å². The highest BCUT2D eigenvalue weighted by atomic mass is 35.5. The molecule has 0 fully saturated rings. The zero-order valence-corrected chi connectivity index (χ0v) is 12.7. The Morgan fingerprint density at radius 1 is 1.10 bits per heavy atom. The molecule has 0 bridgehead atoms. The molecule has 110 valence electrons. The van der Waals surface area contributed by atoms with Crippen molar-refractivity contribution in [2.24, 2.45) is 0 Å². The Morgan fingerprint density at radius 2 is 1.76 bits per heavy atom. The minimum Gasteiger partial charge on any atom is -0.322 e. The van der Waals surface area contributed by atoms with E-state index < -0.39 is 10.0 Å². The Morgan fingerprint density at radius 3 is 2.33 bits per heavy atom. The zero-order chi connectivity index (χ0) is 15.5. The van der Waals surface area contributed by atoms with Crippen molar-refractivity contribution in [3.8, 4) is 0 Å². The van der Waals surface area contributed by atoms with Crippen LogP contribution in [-0.4, -0.2) is 21.4 Å². The summed E-state index contributed by atoms with van der Waals surface area (Å²) in [7, 11) is -2.14. The highest BCUT2D eigenvalue weighted by Gasteiger charge is 2.11. The van der Waals surface area contributed by atoms with Crippen molar-refractivity contribution in [3.63, 3.8) is 0 Å². The SMILES string of the molecule is CNS(=O)(=O)c1ccc(NC(=O)c2cccc(Cl)c2)cc1. The lowest BCUT2D eigenvalue weighted by molar-refractivity contribution is 0.102. The van der Waals surface area contributed by atoms with Gasteiger partial charge in [0.1, 0.15) is 0 Å². The Bertz CT molecular complexity index is 758. The average Bonchev–Trinajstić information content (AvgIpc) is 2.48. The van der Waals surface area contributed by atoms with E-state index in [-0.39, 0.29) is 10.8 Å². The molecule has 0 radical (unpaired) electrons. The molecule has 0 saturated heterocycles. The molecule has 0 heterocycles. The lowest BCUT2D eigenvalue weighted by atomic mass is 10.2. The van der Waals surface area contributed by atoms with Crippen LogP contribution in [0.2, 0.25) is 5.02 Å². The van der Waals surface area contributed by atoms with Gasteiger partial charge < -0.3 is 5.32 Å². The summed E-state index contributed by atoms with van der Waals surface area (Å²) >= 11 is 5.83. The van der Waals surface area contributed by atoms with Gasteiger partial charge in [-0.15, -0.1) is 0 Å². The van der Waals surface area contributed by atoms with E-state index in [9.17, 15) is 13.2 Å². The van der Waals surface area contributed by atoms with Crippen molar-refractivity contribution in [3.05, 3.63) is 59.1 Å². The number of sulfonamides is 1. The Labute approximate surface area is 128 Å². The number of rotatable bonds is 4. The molecule has 0 aromatic heterocycles. The molecule has 2 rings (SSSR count). The summed E-state index contributed by atoms with van der Waals surface area (Å²) in [6.45, 7) is 0. The van der Waals surface area contributed by atoms with Crippen LogP contribution in [0.25, 0.3) is 0 Å². The smallest absolute Gasteiger partial charge is 0.255 e. The van der Waals surface area contributed by atoms with E-state index in [0.29, 0.717) is 16.3 Å². The third-order valence-electron chi connectivity index (χ3n) is 2.78. The summed E-state index contributed by atoms with van der Waals surface area (Å²) < 4.78 is 25.4. The van der Waals surface area contributed by atoms with Gasteiger partial charge in [0.2, 0.25) is 10.0 Å². The minimum absolute atomic E-state index is 0.130. The van der Waals surface area contributed by atoms with E-state index in [2.05, 4.69) is 10.0 Å². The maximum absolute atomic E-state index is 12.0. The summed E-state index contributed by atoms with van der Waals surface area (Å²) in [6.07, 6.45) is 0. The number of amides is 1. The number of nitrogens with one attached hydrogen (secondary N) is 2. The van der Waals surface area contributed by atoms with E-state index in [1.54, 1.807) is 24.3 Å². The molecule has 2 aromatic carbocycles. The molecule has 5 nitrogen and oxygen atoms in total. The number of benzene rings is 2. The van der Waals surface area contributed by atoms with Crippen LogP contribution < -0.4 is 10.0 Å². The first-order chi connectivity index (χ1) is 9.92. The van der Waals surface area contributed by atoms with Crippen molar-refractivity contribution in [1.82, 2.24) is 4.72 Å². The largest absolute Gasteiger partial charge is 0.322 e. The van der Waals surface area contributed by atoms with Crippen molar-refractivity contribution >= 4 is 33.2 Å². The minimum atomic E-state index is -3.48. The summed E-state index contributed by atoms with van der Waals surface area (Å²) in [6, 6.07) is 12.4. The number of hydrogen-bond acceptors (Lipinski definition) is 3. The molecule has 0 aliphatic rings. The standard InChI is InChI=1S/C14H13ClN2O3S/c1-16-21(19,20)13-7-5-12(6-8-13)17-14(18)10-3-2-4-11(15)9-10/h2-9,16H,1H3,(H,17,18). The van der Waals surface area contributed by atoms with Gasteiger partial charge in [-0.05, 0) is 49.5 Å². The van der Waals surface area contributed by atoms with Crippen LogP contribution in [0, 0.1) is 0 Å². The van der Waals surface area contributed by atoms with E-state index in [1.807, 2.05) is 0 Å². The first-order valence-electron chi connectivity index (χ1n) is 6.03. The van der Waals surface area contributed by atoms with Gasteiger partial charge in [0, 0.05) is 16.3 Å². The third-order valence-corrected chi connectivity index (χ3v) is 4.44. The van der Waals surface area contributed by atoms with E-state index in [4.69, 9.17) is 11.6 Å². The van der Waals surface area contributed by atoms with Gasteiger partial charge in [0.05, 0.1) is 4.90 Å². The van der Waals surface area contributed by atoms with Crippen molar-refractivity contribution in [2.75, 3.05) is 12.4 Å². The number of anilines is 1. The quantitative estimate of drug-likeness (QED) is 0.907. The predicted octanol–water partition coefficient (Wildman–Crippen LogP) is 2.50. The highest BCUT2D eigenvalue weighted by molar-refractivity contribution is 7.89. The number of hydrogen-bond donors (Lipinski definition) is 2. The Balaban J connectivity index is 2.16. The molecule has 1 amide bonds. The Hall–Kier alpha value is -1.89. The van der Waals surface area contributed by atoms with Gasteiger partial charge in [0.25, 0.3) is 5.91 Å². The van der Waals surface area contributed by atoms with Crippen molar-refractivity contribution in [1.29, 1.82) is 0 Å². The Kier molecular flexibility index (Phi) is 4.62. The normalized spacial score (nSPS) is 11.1. The molecule has 0 aliphatic carbocycles. The monoisotopic (exact) mass is 324 g/mol. The molecular weight excluding hydrogens is 312 g/mol. The zero-order valence-electron chi connectivity index (χ0n) is 11.1. The van der Waals surface area contributed by atoms with Gasteiger partial charge in [0.15, 0.2) is 0 Å². The lowest BCUT2D eigenvalue weighted by Gasteiger charge is -2.07. The van der Waals surface area contributed by atoms with Crippen molar-refractivity contribution in [2.45, 2.75) is 4.90 Å². The van der Waals surface area contributed by atoms with E-state index >= 15 is 0 Å². The third kappa shape index (κ3) is 3.81. The van der Waals surface area contributed by atoms with Crippen LogP contribution in [0.3, 0.4) is 0 Å². The van der Waals surface area contributed by atoms with E-state index in [0.717, 1.165) is 0 Å².